The third-order valence-corrected chi connectivity index (χ3v) is 2.52. The van der Waals surface area contributed by atoms with Gasteiger partial charge < -0.3 is 0 Å². The Hall–Kier alpha value is 0.320. The third kappa shape index (κ3) is 4.70. The SMILES string of the molecule is I.I.O=S(=O)=C1C=CC(=S(=O)=O)C=C1. The molecule has 14 heavy (non-hydrogen) atoms. The second kappa shape index (κ2) is 7.59. The summed E-state index contributed by atoms with van der Waals surface area (Å²) in [6, 6.07) is 0. The first-order chi connectivity index (χ1) is 5.61. The van der Waals surface area contributed by atoms with Gasteiger partial charge in [-0.25, -0.2) is 0 Å². The first-order valence-electron chi connectivity index (χ1n) is 2.90. The standard InChI is InChI=1S/C6H4O4S2.2HI/c7-11(8)5-1-2-6(4-3-5)12(9)10;;/h1-4H;2*1H. The van der Waals surface area contributed by atoms with Gasteiger partial charge in [0.25, 0.3) is 0 Å². The van der Waals surface area contributed by atoms with Gasteiger partial charge in [0.1, 0.15) is 0 Å². The second-order valence-electron chi connectivity index (χ2n) is 1.94. The van der Waals surface area contributed by atoms with Crippen molar-refractivity contribution in [1.82, 2.24) is 0 Å². The summed E-state index contributed by atoms with van der Waals surface area (Å²) in [7, 11) is -4.60. The van der Waals surface area contributed by atoms with Gasteiger partial charge in [-0.1, -0.05) is 0 Å². The van der Waals surface area contributed by atoms with Gasteiger partial charge in [-0.05, 0) is 24.3 Å². The van der Waals surface area contributed by atoms with E-state index in [1.54, 1.807) is 0 Å². The summed E-state index contributed by atoms with van der Waals surface area (Å²) < 4.78 is 41.3. The molecular weight excluding hydrogens is 454 g/mol. The fourth-order valence-corrected chi connectivity index (χ4v) is 1.38. The minimum Gasteiger partial charge on any atom is -0.184 e. The Morgan fingerprint density at radius 3 is 1.00 bits per heavy atom. The Kier molecular flexibility index (Phi) is 9.08. The van der Waals surface area contributed by atoms with Crippen molar-refractivity contribution in [2.24, 2.45) is 0 Å². The summed E-state index contributed by atoms with van der Waals surface area (Å²) in [6.45, 7) is 0. The lowest BCUT2D eigenvalue weighted by Crippen LogP contribution is -2.01. The van der Waals surface area contributed by atoms with Gasteiger partial charge in [-0.3, -0.25) is 0 Å². The fraction of sp³-hybridized carbons (Fsp3) is 0. The van der Waals surface area contributed by atoms with Crippen LogP contribution in [0.25, 0.3) is 0 Å². The molecule has 0 unspecified atom stereocenters. The Labute approximate surface area is 118 Å². The van der Waals surface area contributed by atoms with Crippen LogP contribution in [0.15, 0.2) is 24.3 Å². The molecule has 0 N–H and O–H groups in total. The molecule has 0 spiro atoms. The first kappa shape index (κ1) is 16.7. The lowest BCUT2D eigenvalue weighted by atomic mass is 10.2. The van der Waals surface area contributed by atoms with Crippen molar-refractivity contribution in [1.29, 1.82) is 0 Å². The summed E-state index contributed by atoms with van der Waals surface area (Å²) in [5.74, 6) is 0. The molecule has 0 aromatic carbocycles. The highest BCUT2D eigenvalue weighted by atomic mass is 127. The number of hydrogen-bond donors (Lipinski definition) is 0. The van der Waals surface area contributed by atoms with E-state index in [1.807, 2.05) is 0 Å². The van der Waals surface area contributed by atoms with Crippen LogP contribution < -0.4 is 0 Å². The Morgan fingerprint density at radius 2 is 0.857 bits per heavy atom. The van der Waals surface area contributed by atoms with Gasteiger partial charge >= 0.3 is 0 Å². The van der Waals surface area contributed by atoms with Crippen LogP contribution in [0, 0.1) is 0 Å². The van der Waals surface area contributed by atoms with E-state index in [0.717, 1.165) is 0 Å². The van der Waals surface area contributed by atoms with Gasteiger partial charge in [-0.15, -0.1) is 48.0 Å². The zero-order valence-electron chi connectivity index (χ0n) is 6.58. The molecule has 0 saturated heterocycles. The van der Waals surface area contributed by atoms with Gasteiger partial charge in [0, 0.05) is 0 Å². The van der Waals surface area contributed by atoms with Crippen molar-refractivity contribution in [2.75, 3.05) is 0 Å². The van der Waals surface area contributed by atoms with Crippen molar-refractivity contribution in [2.45, 2.75) is 0 Å². The molecule has 0 aliphatic heterocycles. The van der Waals surface area contributed by atoms with E-state index in [-0.39, 0.29) is 57.7 Å². The van der Waals surface area contributed by atoms with Crippen LogP contribution in [-0.2, 0) is 20.6 Å². The van der Waals surface area contributed by atoms with Crippen LogP contribution >= 0.6 is 48.0 Å². The largest absolute Gasteiger partial charge is 0.221 e. The molecule has 0 fully saturated rings. The molecule has 1 aliphatic carbocycles. The second-order valence-corrected chi connectivity index (χ2v) is 3.82. The zero-order valence-corrected chi connectivity index (χ0v) is 12.9. The molecule has 0 bridgehead atoms. The summed E-state index contributed by atoms with van der Waals surface area (Å²) in [5, 5.41) is 0. The van der Waals surface area contributed by atoms with Crippen LogP contribution in [0.3, 0.4) is 0 Å². The minimum absolute atomic E-state index is 0. The molecule has 4 nitrogen and oxygen atoms in total. The highest BCUT2D eigenvalue weighted by Crippen LogP contribution is 1.94. The van der Waals surface area contributed by atoms with E-state index in [4.69, 9.17) is 0 Å². The summed E-state index contributed by atoms with van der Waals surface area (Å²) in [6.07, 6.45) is 4.92. The molecule has 0 saturated carbocycles. The predicted molar refractivity (Wildman–Crippen MR) is 77.0 cm³/mol. The molecule has 0 aromatic rings. The van der Waals surface area contributed by atoms with Gasteiger partial charge in [0.05, 0.1) is 9.73 Å². The van der Waals surface area contributed by atoms with Crippen LogP contribution in [0.4, 0.5) is 0 Å². The average Bonchev–Trinajstić information content (AvgIpc) is 2.04. The molecule has 1 aliphatic rings. The van der Waals surface area contributed by atoms with Crippen molar-refractivity contribution in [3.63, 3.8) is 0 Å². The molecule has 80 valence electrons. The Morgan fingerprint density at radius 1 is 0.643 bits per heavy atom. The van der Waals surface area contributed by atoms with E-state index in [0.29, 0.717) is 0 Å². The summed E-state index contributed by atoms with van der Waals surface area (Å²) in [5.41, 5.74) is 0. The van der Waals surface area contributed by atoms with Crippen molar-refractivity contribution in [3.05, 3.63) is 24.3 Å². The zero-order chi connectivity index (χ0) is 9.14. The van der Waals surface area contributed by atoms with E-state index in [9.17, 15) is 16.8 Å². The summed E-state index contributed by atoms with van der Waals surface area (Å²) >= 11 is 0. The van der Waals surface area contributed by atoms with Crippen LogP contribution in [0.2, 0.25) is 0 Å². The molecule has 0 atom stereocenters. The van der Waals surface area contributed by atoms with Crippen LogP contribution in [0.1, 0.15) is 0 Å². The van der Waals surface area contributed by atoms with Crippen LogP contribution in [-0.4, -0.2) is 26.6 Å². The Bertz CT molecular complexity index is 440. The molecule has 0 radical (unpaired) electrons. The summed E-state index contributed by atoms with van der Waals surface area (Å²) in [4.78, 5) is 0.147. The lowest BCUT2D eigenvalue weighted by Gasteiger charge is -1.92. The highest BCUT2D eigenvalue weighted by molar-refractivity contribution is 14.0. The molecule has 0 heterocycles. The number of rotatable bonds is 0. The van der Waals surface area contributed by atoms with Gasteiger partial charge in [-0.2, -0.15) is 16.8 Å². The predicted octanol–water partition coefficient (Wildman–Crippen LogP) is 0.451. The molecule has 8 heteroatoms. The molecule has 1 rings (SSSR count). The van der Waals surface area contributed by atoms with Gasteiger partial charge in [0.15, 0.2) is 0 Å². The van der Waals surface area contributed by atoms with Gasteiger partial charge in [0.2, 0.25) is 20.6 Å². The molecule has 0 aromatic heterocycles. The molecular formula is C6H6I2O4S2. The minimum atomic E-state index is -2.30. The topological polar surface area (TPSA) is 68.3 Å². The van der Waals surface area contributed by atoms with Crippen molar-refractivity contribution >= 4 is 78.3 Å². The monoisotopic (exact) mass is 460 g/mol. The smallest absolute Gasteiger partial charge is 0.184 e. The van der Waals surface area contributed by atoms with E-state index in [2.05, 4.69) is 0 Å². The fourth-order valence-electron chi connectivity index (χ4n) is 0.662. The quantitative estimate of drug-likeness (QED) is 0.389. The maximum Gasteiger partial charge on any atom is 0.221 e. The maximum absolute atomic E-state index is 10.3. The lowest BCUT2D eigenvalue weighted by molar-refractivity contribution is 0.625. The normalized spacial score (nSPS) is 12.9. The number of allylic oxidation sites excluding steroid dienone is 4. The van der Waals surface area contributed by atoms with Crippen molar-refractivity contribution < 1.29 is 16.8 Å². The highest BCUT2D eigenvalue weighted by Gasteiger charge is 2.00. The van der Waals surface area contributed by atoms with E-state index < -0.39 is 20.6 Å². The van der Waals surface area contributed by atoms with E-state index in [1.165, 1.54) is 24.3 Å². The Balaban J connectivity index is 0. The average molecular weight is 460 g/mol. The number of hydrogen-bond acceptors (Lipinski definition) is 4. The maximum atomic E-state index is 10.3. The molecule has 0 amide bonds. The first-order valence-corrected chi connectivity index (χ1v) is 5.05. The van der Waals surface area contributed by atoms with E-state index >= 15 is 0 Å². The third-order valence-electron chi connectivity index (χ3n) is 1.21. The van der Waals surface area contributed by atoms with Crippen LogP contribution in [0.5, 0.6) is 0 Å². The number of halogens is 2. The van der Waals surface area contributed by atoms with Crippen molar-refractivity contribution in [3.8, 4) is 0 Å².